The monoisotopic (exact) mass is 294 g/mol. The average molecular weight is 294 g/mol. The second kappa shape index (κ2) is 6.50. The molecule has 0 radical (unpaired) electrons. The minimum absolute atomic E-state index is 0.0226. The molecule has 0 unspecified atom stereocenters. The molecular weight excluding hydrogens is 268 g/mol. The molecule has 0 aromatic rings. The molecule has 0 spiro atoms. The third kappa shape index (κ3) is 3.57. The van der Waals surface area contributed by atoms with Gasteiger partial charge in [-0.3, -0.25) is 4.79 Å². The number of urea groups is 1. The molecule has 2 aliphatic rings. The van der Waals surface area contributed by atoms with Gasteiger partial charge in [0.05, 0.1) is 12.0 Å². The molecule has 0 aromatic heterocycles. The summed E-state index contributed by atoms with van der Waals surface area (Å²) in [5.74, 6) is -0.814. The molecule has 0 saturated heterocycles. The zero-order valence-electron chi connectivity index (χ0n) is 13.1. The molecule has 5 nitrogen and oxygen atoms in total. The first-order chi connectivity index (χ1) is 9.94. The predicted octanol–water partition coefficient (Wildman–Crippen LogP) is 2.87. The molecule has 1 N–H and O–H groups in total. The van der Waals surface area contributed by atoms with E-state index >= 15 is 0 Å². The number of rotatable bonds is 3. The van der Waals surface area contributed by atoms with Crippen molar-refractivity contribution >= 4 is 12.0 Å². The summed E-state index contributed by atoms with van der Waals surface area (Å²) in [6, 6.07) is -0.0226. The molecule has 1 saturated carbocycles. The summed E-state index contributed by atoms with van der Waals surface area (Å²) in [5.41, 5.74) is 0.704. The summed E-state index contributed by atoms with van der Waals surface area (Å²) in [5, 5.41) is 9.25. The maximum absolute atomic E-state index is 12.8. The number of carbonyl (C=O) groups excluding carboxylic acids is 1. The fourth-order valence-electron chi connectivity index (χ4n) is 3.61. The molecule has 118 valence electrons. The van der Waals surface area contributed by atoms with Crippen LogP contribution in [0.5, 0.6) is 0 Å². The van der Waals surface area contributed by atoms with E-state index in [0.717, 1.165) is 45.1 Å². The van der Waals surface area contributed by atoms with E-state index < -0.39 is 11.5 Å². The van der Waals surface area contributed by atoms with Gasteiger partial charge >= 0.3 is 12.0 Å². The molecule has 0 atom stereocenters. The molecule has 21 heavy (non-hydrogen) atoms. The fraction of sp³-hybridized carbons (Fsp3) is 0.750. The molecule has 0 aromatic carbocycles. The summed E-state index contributed by atoms with van der Waals surface area (Å²) in [4.78, 5) is 27.6. The first-order valence-corrected chi connectivity index (χ1v) is 7.85. The summed E-state index contributed by atoms with van der Waals surface area (Å²) < 4.78 is 0. The zero-order valence-corrected chi connectivity index (χ0v) is 13.1. The van der Waals surface area contributed by atoms with Crippen molar-refractivity contribution in [2.24, 2.45) is 0 Å². The molecule has 1 fully saturated rings. The first-order valence-electron chi connectivity index (χ1n) is 7.85. The normalized spacial score (nSPS) is 21.6. The molecule has 5 heteroatoms. The van der Waals surface area contributed by atoms with Crippen LogP contribution in [0, 0.1) is 0 Å². The van der Waals surface area contributed by atoms with Crippen molar-refractivity contribution in [2.75, 3.05) is 20.1 Å². The Labute approximate surface area is 126 Å². The van der Waals surface area contributed by atoms with Gasteiger partial charge in [0.15, 0.2) is 0 Å². The lowest BCUT2D eigenvalue weighted by Crippen LogP contribution is -2.56. The van der Waals surface area contributed by atoms with Gasteiger partial charge in [-0.2, -0.15) is 0 Å². The van der Waals surface area contributed by atoms with Gasteiger partial charge in [-0.1, -0.05) is 30.9 Å². The summed E-state index contributed by atoms with van der Waals surface area (Å²) in [6.07, 6.45) is 7.84. The Bertz CT molecular complexity index is 439. The van der Waals surface area contributed by atoms with Gasteiger partial charge in [0.1, 0.15) is 0 Å². The van der Waals surface area contributed by atoms with E-state index in [-0.39, 0.29) is 12.5 Å². The summed E-state index contributed by atoms with van der Waals surface area (Å²) >= 11 is 0. The van der Waals surface area contributed by atoms with E-state index in [1.807, 2.05) is 11.8 Å². The smallest absolute Gasteiger partial charge is 0.320 e. The van der Waals surface area contributed by atoms with Crippen molar-refractivity contribution < 1.29 is 14.7 Å². The number of carbonyl (C=O) groups is 2. The van der Waals surface area contributed by atoms with Crippen LogP contribution in [-0.4, -0.2) is 52.6 Å². The minimum atomic E-state index is -0.814. The van der Waals surface area contributed by atoms with Crippen molar-refractivity contribution in [3.63, 3.8) is 0 Å². The Kier molecular flexibility index (Phi) is 4.91. The standard InChI is InChI=1S/C16H26N2O3/c1-13-7-6-10-18(12-13)15(21)17(2)16(11-14(19)20)8-4-3-5-9-16/h7H,3-6,8-12H2,1-2H3,(H,19,20). The maximum Gasteiger partial charge on any atom is 0.320 e. The third-order valence-corrected chi connectivity index (χ3v) is 4.87. The fourth-order valence-corrected chi connectivity index (χ4v) is 3.61. The quantitative estimate of drug-likeness (QED) is 0.814. The highest BCUT2D eigenvalue weighted by Crippen LogP contribution is 2.36. The van der Waals surface area contributed by atoms with Gasteiger partial charge in [0.2, 0.25) is 0 Å². The van der Waals surface area contributed by atoms with Gasteiger partial charge in [-0.25, -0.2) is 4.79 Å². The minimum Gasteiger partial charge on any atom is -0.481 e. The van der Waals surface area contributed by atoms with E-state index in [1.54, 1.807) is 11.9 Å². The number of carboxylic acids is 1. The van der Waals surface area contributed by atoms with Crippen LogP contribution >= 0.6 is 0 Å². The van der Waals surface area contributed by atoms with Gasteiger partial charge in [-0.15, -0.1) is 0 Å². The van der Waals surface area contributed by atoms with Gasteiger partial charge in [-0.05, 0) is 26.2 Å². The molecule has 0 bridgehead atoms. The van der Waals surface area contributed by atoms with Crippen LogP contribution in [0.25, 0.3) is 0 Å². The van der Waals surface area contributed by atoms with Crippen molar-refractivity contribution in [1.82, 2.24) is 9.80 Å². The van der Waals surface area contributed by atoms with Crippen molar-refractivity contribution in [3.8, 4) is 0 Å². The lowest BCUT2D eigenvalue weighted by molar-refractivity contribution is -0.140. The van der Waals surface area contributed by atoms with Crippen molar-refractivity contribution in [3.05, 3.63) is 11.6 Å². The first kappa shape index (κ1) is 15.9. The Morgan fingerprint density at radius 2 is 2.00 bits per heavy atom. The van der Waals surface area contributed by atoms with Crippen molar-refractivity contribution in [1.29, 1.82) is 0 Å². The van der Waals surface area contributed by atoms with E-state index in [4.69, 9.17) is 0 Å². The number of nitrogens with zero attached hydrogens (tertiary/aromatic N) is 2. The number of amides is 2. The van der Waals surface area contributed by atoms with Gasteiger partial charge in [0.25, 0.3) is 0 Å². The lowest BCUT2D eigenvalue weighted by Gasteiger charge is -2.45. The highest BCUT2D eigenvalue weighted by Gasteiger charge is 2.41. The predicted molar refractivity (Wildman–Crippen MR) is 81.2 cm³/mol. The van der Waals surface area contributed by atoms with Crippen LogP contribution in [0.3, 0.4) is 0 Å². The average Bonchev–Trinajstić information content (AvgIpc) is 2.46. The van der Waals surface area contributed by atoms with Gasteiger partial charge < -0.3 is 14.9 Å². The van der Waals surface area contributed by atoms with E-state index in [2.05, 4.69) is 6.08 Å². The number of hydrogen-bond acceptors (Lipinski definition) is 2. The van der Waals surface area contributed by atoms with Crippen LogP contribution < -0.4 is 0 Å². The van der Waals surface area contributed by atoms with E-state index in [0.29, 0.717) is 6.54 Å². The highest BCUT2D eigenvalue weighted by atomic mass is 16.4. The third-order valence-electron chi connectivity index (χ3n) is 4.87. The molecule has 1 aliphatic heterocycles. The number of hydrogen-bond donors (Lipinski definition) is 1. The molecule has 1 aliphatic carbocycles. The lowest BCUT2D eigenvalue weighted by atomic mass is 9.78. The number of aliphatic carboxylic acids is 1. The zero-order chi connectivity index (χ0) is 15.5. The molecule has 1 heterocycles. The molecule has 2 amide bonds. The second-order valence-electron chi connectivity index (χ2n) is 6.46. The second-order valence-corrected chi connectivity index (χ2v) is 6.46. The topological polar surface area (TPSA) is 60.9 Å². The Hall–Kier alpha value is -1.52. The molecule has 2 rings (SSSR count). The van der Waals surface area contributed by atoms with Gasteiger partial charge in [0, 0.05) is 20.1 Å². The largest absolute Gasteiger partial charge is 0.481 e. The summed E-state index contributed by atoms with van der Waals surface area (Å²) in [7, 11) is 1.78. The summed E-state index contributed by atoms with van der Waals surface area (Å²) in [6.45, 7) is 3.42. The van der Waals surface area contributed by atoms with Crippen LogP contribution in [-0.2, 0) is 4.79 Å². The Morgan fingerprint density at radius 1 is 1.33 bits per heavy atom. The van der Waals surface area contributed by atoms with Crippen LogP contribution in [0.15, 0.2) is 11.6 Å². The molecular formula is C16H26N2O3. The Balaban J connectivity index is 2.13. The van der Waals surface area contributed by atoms with Crippen molar-refractivity contribution in [2.45, 2.75) is 57.4 Å². The van der Waals surface area contributed by atoms with Crippen LogP contribution in [0.4, 0.5) is 4.79 Å². The SMILES string of the molecule is CC1=CCCN(C(=O)N(C)C2(CC(=O)O)CCCCC2)C1. The van der Waals surface area contributed by atoms with Crippen LogP contribution in [0.2, 0.25) is 0 Å². The Morgan fingerprint density at radius 3 is 2.57 bits per heavy atom. The number of carboxylic acid groups (broad SMARTS) is 1. The van der Waals surface area contributed by atoms with Crippen LogP contribution in [0.1, 0.15) is 51.9 Å². The highest BCUT2D eigenvalue weighted by molar-refractivity contribution is 5.77. The van der Waals surface area contributed by atoms with E-state index in [9.17, 15) is 14.7 Å². The maximum atomic E-state index is 12.8. The van der Waals surface area contributed by atoms with E-state index in [1.165, 1.54) is 5.57 Å².